The first-order chi connectivity index (χ1) is 9.72. The quantitative estimate of drug-likeness (QED) is 0.465. The summed E-state index contributed by atoms with van der Waals surface area (Å²) in [5, 5.41) is 3.48. The van der Waals surface area contributed by atoms with Gasteiger partial charge in [0, 0.05) is 51.1 Å². The fourth-order valence-corrected chi connectivity index (χ4v) is 3.27. The summed E-state index contributed by atoms with van der Waals surface area (Å²) in [6.07, 6.45) is 4.48. The van der Waals surface area contributed by atoms with E-state index < -0.39 is 0 Å². The SMILES string of the molecule is CN=C(NCc1cccn1C)N1CCC2(CCOC2)C1.I. The fourth-order valence-electron chi connectivity index (χ4n) is 3.27. The molecule has 118 valence electrons. The highest BCUT2D eigenvalue weighted by atomic mass is 127. The lowest BCUT2D eigenvalue weighted by atomic mass is 9.87. The second-order valence-electron chi connectivity index (χ2n) is 5.99. The molecule has 2 aliphatic rings. The van der Waals surface area contributed by atoms with Crippen molar-refractivity contribution in [1.29, 1.82) is 0 Å². The van der Waals surface area contributed by atoms with Gasteiger partial charge in [-0.05, 0) is 25.0 Å². The zero-order valence-corrected chi connectivity index (χ0v) is 15.2. The van der Waals surface area contributed by atoms with E-state index in [0.29, 0.717) is 5.41 Å². The molecular formula is C15H25IN4O. The number of aryl methyl sites for hydroxylation is 1. The molecule has 0 aliphatic carbocycles. The number of halogens is 1. The molecule has 6 heteroatoms. The number of hydrogen-bond acceptors (Lipinski definition) is 2. The summed E-state index contributed by atoms with van der Waals surface area (Å²) in [5.74, 6) is 1.01. The number of aromatic nitrogens is 1. The predicted molar refractivity (Wildman–Crippen MR) is 95.1 cm³/mol. The van der Waals surface area contributed by atoms with Gasteiger partial charge in [0.25, 0.3) is 0 Å². The van der Waals surface area contributed by atoms with Gasteiger partial charge in [-0.3, -0.25) is 4.99 Å². The summed E-state index contributed by atoms with van der Waals surface area (Å²) in [5.41, 5.74) is 1.65. The minimum absolute atomic E-state index is 0. The molecule has 3 rings (SSSR count). The molecule has 3 heterocycles. The van der Waals surface area contributed by atoms with Crippen molar-refractivity contribution in [3.8, 4) is 0 Å². The Balaban J connectivity index is 0.00000161. The first kappa shape index (κ1) is 16.6. The van der Waals surface area contributed by atoms with Crippen molar-refractivity contribution in [1.82, 2.24) is 14.8 Å². The number of hydrogen-bond donors (Lipinski definition) is 1. The summed E-state index contributed by atoms with van der Waals surface area (Å²) in [4.78, 5) is 6.81. The molecule has 2 aliphatic heterocycles. The van der Waals surface area contributed by atoms with E-state index in [-0.39, 0.29) is 24.0 Å². The summed E-state index contributed by atoms with van der Waals surface area (Å²) in [6, 6.07) is 4.21. The van der Waals surface area contributed by atoms with Gasteiger partial charge in [0.15, 0.2) is 5.96 Å². The van der Waals surface area contributed by atoms with Crippen LogP contribution in [0.1, 0.15) is 18.5 Å². The van der Waals surface area contributed by atoms with Gasteiger partial charge >= 0.3 is 0 Å². The van der Waals surface area contributed by atoms with Crippen LogP contribution < -0.4 is 5.32 Å². The van der Waals surface area contributed by atoms with Crippen molar-refractivity contribution in [3.05, 3.63) is 24.0 Å². The van der Waals surface area contributed by atoms with Crippen molar-refractivity contribution in [3.63, 3.8) is 0 Å². The van der Waals surface area contributed by atoms with Crippen LogP contribution in [0.5, 0.6) is 0 Å². The van der Waals surface area contributed by atoms with Gasteiger partial charge in [-0.1, -0.05) is 0 Å². The van der Waals surface area contributed by atoms with E-state index in [1.807, 2.05) is 7.05 Å². The standard InChI is InChI=1S/C15H24N4O.HI/c1-16-14(17-10-13-4-3-7-18(13)2)19-8-5-15(11-19)6-9-20-12-15;/h3-4,7H,5-6,8-12H2,1-2H3,(H,16,17);1H. The van der Waals surface area contributed by atoms with Crippen molar-refractivity contribution < 1.29 is 4.74 Å². The van der Waals surface area contributed by atoms with Crippen LogP contribution in [0.3, 0.4) is 0 Å². The fraction of sp³-hybridized carbons (Fsp3) is 0.667. The van der Waals surface area contributed by atoms with E-state index in [9.17, 15) is 0 Å². The molecule has 0 amide bonds. The highest BCUT2D eigenvalue weighted by Gasteiger charge is 2.42. The topological polar surface area (TPSA) is 41.8 Å². The Kier molecular flexibility index (Phi) is 5.54. The molecule has 0 radical (unpaired) electrons. The summed E-state index contributed by atoms with van der Waals surface area (Å²) in [7, 11) is 3.93. The Morgan fingerprint density at radius 3 is 2.95 bits per heavy atom. The van der Waals surface area contributed by atoms with Gasteiger partial charge in [0.2, 0.25) is 0 Å². The number of ether oxygens (including phenoxy) is 1. The van der Waals surface area contributed by atoms with Crippen molar-refractivity contribution in [2.45, 2.75) is 19.4 Å². The van der Waals surface area contributed by atoms with Crippen molar-refractivity contribution in [2.24, 2.45) is 17.5 Å². The molecule has 1 unspecified atom stereocenters. The molecule has 21 heavy (non-hydrogen) atoms. The number of rotatable bonds is 2. The first-order valence-electron chi connectivity index (χ1n) is 7.36. The summed E-state index contributed by atoms with van der Waals surface area (Å²) < 4.78 is 7.72. The van der Waals surface area contributed by atoms with Crippen LogP contribution in [0.15, 0.2) is 23.3 Å². The Bertz CT molecular complexity index is 494. The second-order valence-corrected chi connectivity index (χ2v) is 5.99. The highest BCUT2D eigenvalue weighted by molar-refractivity contribution is 14.0. The molecule has 1 aromatic heterocycles. The van der Waals surface area contributed by atoms with E-state index in [1.54, 1.807) is 0 Å². The Morgan fingerprint density at radius 2 is 2.33 bits per heavy atom. The van der Waals surface area contributed by atoms with Gasteiger partial charge in [-0.25, -0.2) is 0 Å². The number of nitrogens with zero attached hydrogens (tertiary/aromatic N) is 3. The lowest BCUT2D eigenvalue weighted by molar-refractivity contribution is 0.156. The normalized spacial score (nSPS) is 25.4. The predicted octanol–water partition coefficient (Wildman–Crippen LogP) is 1.83. The molecule has 1 spiro atoms. The van der Waals surface area contributed by atoms with E-state index in [0.717, 1.165) is 38.8 Å². The molecule has 0 saturated carbocycles. The zero-order chi connectivity index (χ0) is 14.0. The lowest BCUT2D eigenvalue weighted by Gasteiger charge is -2.25. The van der Waals surface area contributed by atoms with Crippen molar-refractivity contribution in [2.75, 3.05) is 33.4 Å². The van der Waals surface area contributed by atoms with E-state index >= 15 is 0 Å². The third-order valence-electron chi connectivity index (χ3n) is 4.61. The molecule has 1 N–H and O–H groups in total. The maximum absolute atomic E-state index is 5.59. The van der Waals surface area contributed by atoms with Crippen LogP contribution >= 0.6 is 24.0 Å². The number of guanidine groups is 1. The van der Waals surface area contributed by atoms with E-state index in [4.69, 9.17) is 4.74 Å². The number of nitrogens with one attached hydrogen (secondary N) is 1. The average molecular weight is 404 g/mol. The lowest BCUT2D eigenvalue weighted by Crippen LogP contribution is -2.41. The molecular weight excluding hydrogens is 379 g/mol. The molecule has 0 aromatic carbocycles. The van der Waals surface area contributed by atoms with Crippen LogP contribution in [-0.2, 0) is 18.3 Å². The molecule has 5 nitrogen and oxygen atoms in total. The van der Waals surface area contributed by atoms with Crippen LogP contribution in [0.4, 0.5) is 0 Å². The molecule has 2 fully saturated rings. The largest absolute Gasteiger partial charge is 0.381 e. The van der Waals surface area contributed by atoms with Gasteiger partial charge in [0.05, 0.1) is 13.2 Å². The van der Waals surface area contributed by atoms with E-state index in [2.05, 4.69) is 45.2 Å². The van der Waals surface area contributed by atoms with Crippen LogP contribution in [-0.4, -0.2) is 48.8 Å². The maximum atomic E-state index is 5.59. The molecule has 1 aromatic rings. The van der Waals surface area contributed by atoms with Crippen molar-refractivity contribution >= 4 is 29.9 Å². The minimum atomic E-state index is 0. The van der Waals surface area contributed by atoms with Gasteiger partial charge in [0.1, 0.15) is 0 Å². The van der Waals surface area contributed by atoms with Gasteiger partial charge in [-0.15, -0.1) is 24.0 Å². The Hall–Kier alpha value is -0.760. The number of aliphatic imine (C=N–C) groups is 1. The molecule has 1 atom stereocenters. The highest BCUT2D eigenvalue weighted by Crippen LogP contribution is 2.38. The minimum Gasteiger partial charge on any atom is -0.381 e. The first-order valence-corrected chi connectivity index (χ1v) is 7.36. The van der Waals surface area contributed by atoms with Crippen LogP contribution in [0, 0.1) is 5.41 Å². The average Bonchev–Trinajstić information content (AvgIpc) is 3.16. The Labute approximate surface area is 143 Å². The summed E-state index contributed by atoms with van der Waals surface area (Å²) in [6.45, 7) is 4.80. The summed E-state index contributed by atoms with van der Waals surface area (Å²) >= 11 is 0. The van der Waals surface area contributed by atoms with Gasteiger partial charge in [-0.2, -0.15) is 0 Å². The maximum Gasteiger partial charge on any atom is 0.193 e. The van der Waals surface area contributed by atoms with Gasteiger partial charge < -0.3 is 19.5 Å². The zero-order valence-electron chi connectivity index (χ0n) is 12.8. The third kappa shape index (κ3) is 3.53. The number of likely N-dealkylation sites (tertiary alicyclic amines) is 1. The Morgan fingerprint density at radius 1 is 1.48 bits per heavy atom. The van der Waals surface area contributed by atoms with Crippen LogP contribution in [0.2, 0.25) is 0 Å². The second kappa shape index (κ2) is 7.00. The monoisotopic (exact) mass is 404 g/mol. The molecule has 2 saturated heterocycles. The smallest absolute Gasteiger partial charge is 0.193 e. The molecule has 0 bridgehead atoms. The van der Waals surface area contributed by atoms with E-state index in [1.165, 1.54) is 18.5 Å². The third-order valence-corrected chi connectivity index (χ3v) is 4.61. The van der Waals surface area contributed by atoms with Crippen LogP contribution in [0.25, 0.3) is 0 Å².